The van der Waals surface area contributed by atoms with Crippen LogP contribution in [0.5, 0.6) is 0 Å². The highest BCUT2D eigenvalue weighted by atomic mass is 32.2. The molecule has 1 aromatic carbocycles. The van der Waals surface area contributed by atoms with Gasteiger partial charge >= 0.3 is 0 Å². The molecule has 3 heterocycles. The number of benzene rings is 1. The Bertz CT molecular complexity index is 664. The van der Waals surface area contributed by atoms with Crippen LogP contribution >= 0.6 is 24.0 Å². The first-order chi connectivity index (χ1) is 10.7. The van der Waals surface area contributed by atoms with Crippen molar-refractivity contribution in [3.8, 4) is 0 Å². The predicted molar refractivity (Wildman–Crippen MR) is 91.3 cm³/mol. The summed E-state index contributed by atoms with van der Waals surface area (Å²) >= 11 is 7.12. The maximum absolute atomic E-state index is 11.9. The lowest BCUT2D eigenvalue weighted by atomic mass is 10.2. The summed E-state index contributed by atoms with van der Waals surface area (Å²) in [5.41, 5.74) is 4.31. The third kappa shape index (κ3) is 1.94. The summed E-state index contributed by atoms with van der Waals surface area (Å²) < 4.78 is 0. The number of hydrogen-bond donors (Lipinski definition) is 1. The zero-order chi connectivity index (χ0) is 15.3. The number of nitrogens with zero attached hydrogens (tertiary/aromatic N) is 4. The van der Waals surface area contributed by atoms with E-state index in [-0.39, 0.29) is 18.2 Å². The Morgan fingerprint density at radius 1 is 1.41 bits per heavy atom. The van der Waals surface area contributed by atoms with Crippen molar-refractivity contribution in [2.24, 2.45) is 4.99 Å². The van der Waals surface area contributed by atoms with Crippen LogP contribution in [0.1, 0.15) is 6.92 Å². The second-order valence-corrected chi connectivity index (χ2v) is 6.50. The van der Waals surface area contributed by atoms with Gasteiger partial charge in [-0.25, -0.2) is 10.0 Å². The fourth-order valence-electron chi connectivity index (χ4n) is 2.95. The molecule has 0 saturated carbocycles. The number of carbonyl (C=O) groups is 1. The summed E-state index contributed by atoms with van der Waals surface area (Å²) in [4.78, 5) is 20.8. The molecular weight excluding hydrogens is 318 g/mol. The molecule has 3 aliphatic rings. The number of amidine groups is 1. The number of fused-ring (bicyclic) bond motifs is 2. The van der Waals surface area contributed by atoms with Crippen molar-refractivity contribution < 1.29 is 4.79 Å². The number of carbonyl (C=O) groups excluding carboxylic acids is 1. The fourth-order valence-corrected chi connectivity index (χ4v) is 4.25. The average Bonchev–Trinajstić information content (AvgIpc) is 3.03. The van der Waals surface area contributed by atoms with E-state index < -0.39 is 0 Å². The van der Waals surface area contributed by atoms with Crippen molar-refractivity contribution in [1.82, 2.24) is 15.3 Å². The third-order valence-electron chi connectivity index (χ3n) is 3.98. The Labute approximate surface area is 138 Å². The Morgan fingerprint density at radius 3 is 2.91 bits per heavy atom. The molecule has 0 spiro atoms. The van der Waals surface area contributed by atoms with Crippen LogP contribution in [0.3, 0.4) is 0 Å². The molecule has 2 unspecified atom stereocenters. The normalized spacial score (nSPS) is 27.1. The Kier molecular flexibility index (Phi) is 3.32. The molecule has 2 atom stereocenters. The van der Waals surface area contributed by atoms with E-state index in [1.54, 1.807) is 5.01 Å². The number of thioether (sulfide) groups is 1. The lowest BCUT2D eigenvalue weighted by Crippen LogP contribution is -2.60. The fraction of sp³-hybridized carbons (Fsp3) is 0.357. The maximum Gasteiger partial charge on any atom is 0.253 e. The van der Waals surface area contributed by atoms with Crippen LogP contribution in [0.15, 0.2) is 35.3 Å². The van der Waals surface area contributed by atoms with Gasteiger partial charge in [-0.1, -0.05) is 30.0 Å². The van der Waals surface area contributed by atoms with Gasteiger partial charge < -0.3 is 4.90 Å². The molecular formula is C14H15N5OS2. The average molecular weight is 333 g/mol. The first kappa shape index (κ1) is 14.0. The maximum atomic E-state index is 11.9. The van der Waals surface area contributed by atoms with Crippen LogP contribution in [0.4, 0.5) is 5.69 Å². The van der Waals surface area contributed by atoms with Crippen LogP contribution in [0.25, 0.3) is 0 Å². The van der Waals surface area contributed by atoms with Crippen LogP contribution in [-0.4, -0.2) is 50.7 Å². The van der Waals surface area contributed by atoms with Crippen molar-refractivity contribution >= 4 is 45.9 Å². The van der Waals surface area contributed by atoms with Gasteiger partial charge in [-0.2, -0.15) is 5.43 Å². The second-order valence-electron chi connectivity index (χ2n) is 5.19. The van der Waals surface area contributed by atoms with Crippen molar-refractivity contribution in [1.29, 1.82) is 0 Å². The van der Waals surface area contributed by atoms with Crippen molar-refractivity contribution in [2.75, 3.05) is 17.2 Å². The minimum atomic E-state index is -0.153. The summed E-state index contributed by atoms with van der Waals surface area (Å²) in [5.74, 6) is 0.482. The minimum Gasteiger partial charge on any atom is -0.328 e. The van der Waals surface area contributed by atoms with Gasteiger partial charge in [0.2, 0.25) is 0 Å². The van der Waals surface area contributed by atoms with Crippen LogP contribution < -0.4 is 10.3 Å². The number of rotatable bonds is 2. The molecule has 6 nitrogen and oxygen atoms in total. The molecule has 2 saturated heterocycles. The van der Waals surface area contributed by atoms with Crippen molar-refractivity contribution in [2.45, 2.75) is 19.3 Å². The van der Waals surface area contributed by atoms with E-state index in [1.165, 1.54) is 11.8 Å². The smallest absolute Gasteiger partial charge is 0.253 e. The zero-order valence-electron chi connectivity index (χ0n) is 12.0. The summed E-state index contributed by atoms with van der Waals surface area (Å²) in [5, 5.41) is 3.03. The summed E-state index contributed by atoms with van der Waals surface area (Å²) in [6, 6.07) is 10.0. The molecule has 0 aliphatic carbocycles. The van der Waals surface area contributed by atoms with E-state index in [2.05, 4.69) is 22.1 Å². The van der Waals surface area contributed by atoms with E-state index >= 15 is 0 Å². The molecule has 114 valence electrons. The molecule has 0 radical (unpaired) electrons. The van der Waals surface area contributed by atoms with Gasteiger partial charge in [0.1, 0.15) is 6.17 Å². The van der Waals surface area contributed by atoms with Gasteiger partial charge in [0.25, 0.3) is 5.91 Å². The van der Waals surface area contributed by atoms with E-state index in [4.69, 9.17) is 17.2 Å². The van der Waals surface area contributed by atoms with E-state index in [0.29, 0.717) is 5.75 Å². The lowest BCUT2D eigenvalue weighted by Gasteiger charge is -2.34. The highest BCUT2D eigenvalue weighted by Crippen LogP contribution is 2.33. The third-order valence-corrected chi connectivity index (χ3v) is 5.35. The van der Waals surface area contributed by atoms with Crippen LogP contribution in [-0.2, 0) is 4.79 Å². The van der Waals surface area contributed by atoms with Crippen LogP contribution in [0.2, 0.25) is 0 Å². The summed E-state index contributed by atoms with van der Waals surface area (Å²) in [6.45, 7) is 2.82. The topological polar surface area (TPSA) is 51.2 Å². The molecule has 8 heteroatoms. The monoisotopic (exact) mass is 333 g/mol. The molecule has 1 amide bonds. The minimum absolute atomic E-state index is 0.0438. The number of likely N-dealkylation sites (N-methyl/N-ethyl adjacent to an activating group) is 1. The van der Waals surface area contributed by atoms with Gasteiger partial charge in [-0.3, -0.25) is 9.69 Å². The molecule has 22 heavy (non-hydrogen) atoms. The molecule has 0 aromatic heterocycles. The zero-order valence-corrected chi connectivity index (χ0v) is 13.6. The highest BCUT2D eigenvalue weighted by molar-refractivity contribution is 8.15. The number of hydrazine groups is 1. The van der Waals surface area contributed by atoms with E-state index in [9.17, 15) is 4.79 Å². The second kappa shape index (κ2) is 5.22. The Hall–Kier alpha value is -1.64. The number of thiocarbonyl (C=S) groups is 1. The van der Waals surface area contributed by atoms with Crippen molar-refractivity contribution in [3.63, 3.8) is 0 Å². The quantitative estimate of drug-likeness (QED) is 0.821. The Balaban J connectivity index is 1.77. The molecule has 3 aliphatic heterocycles. The lowest BCUT2D eigenvalue weighted by molar-refractivity contribution is -0.127. The number of anilines is 1. The van der Waals surface area contributed by atoms with Gasteiger partial charge in [0.15, 0.2) is 16.4 Å². The number of amides is 1. The van der Waals surface area contributed by atoms with E-state index in [0.717, 1.165) is 22.5 Å². The van der Waals surface area contributed by atoms with Gasteiger partial charge in [-0.15, -0.1) is 0 Å². The number of para-hydroxylation sites is 1. The largest absolute Gasteiger partial charge is 0.328 e. The van der Waals surface area contributed by atoms with Gasteiger partial charge in [0.05, 0.1) is 5.75 Å². The molecule has 2 fully saturated rings. The number of nitrogens with one attached hydrogen (secondary N) is 1. The molecule has 4 rings (SSSR count). The van der Waals surface area contributed by atoms with Gasteiger partial charge in [-0.05, 0) is 31.3 Å². The van der Waals surface area contributed by atoms with Gasteiger partial charge in [0, 0.05) is 12.2 Å². The first-order valence-corrected chi connectivity index (χ1v) is 8.54. The van der Waals surface area contributed by atoms with Crippen LogP contribution in [0, 0.1) is 0 Å². The van der Waals surface area contributed by atoms with E-state index in [1.807, 2.05) is 30.3 Å². The predicted octanol–water partition coefficient (Wildman–Crippen LogP) is 1.22. The SMILES string of the molecule is CCN1C(=S)N(c2ccccc2)C2N=C3SCC(=O)N3NC21. The molecule has 1 aromatic rings. The number of hydrogen-bond acceptors (Lipinski definition) is 5. The standard InChI is InChI=1S/C14H15N5OS2/c1-2-17-12-11(15-13-19(16-12)10(20)8-22-13)18(14(17)21)9-6-4-3-5-7-9/h3-7,11-12,16H,2,8H2,1H3. The molecule has 0 bridgehead atoms. The molecule has 1 N–H and O–H groups in total. The van der Waals surface area contributed by atoms with Crippen molar-refractivity contribution in [3.05, 3.63) is 30.3 Å². The Morgan fingerprint density at radius 2 is 2.18 bits per heavy atom. The highest BCUT2D eigenvalue weighted by Gasteiger charge is 2.49. The summed E-state index contributed by atoms with van der Waals surface area (Å²) in [7, 11) is 0. The number of aliphatic imine (C=N–C) groups is 1. The first-order valence-electron chi connectivity index (χ1n) is 7.15. The summed E-state index contributed by atoms with van der Waals surface area (Å²) in [6.07, 6.45) is -0.274.